The first kappa shape index (κ1) is 15.5. The Morgan fingerprint density at radius 1 is 1.36 bits per heavy atom. The summed E-state index contributed by atoms with van der Waals surface area (Å²) in [6, 6.07) is 7.38. The average molecular weight is 339 g/mol. The molecule has 0 bridgehead atoms. The van der Waals surface area contributed by atoms with Gasteiger partial charge in [0.1, 0.15) is 23.1 Å². The molecule has 8 nitrogen and oxygen atoms in total. The van der Waals surface area contributed by atoms with Crippen LogP contribution >= 0.6 is 0 Å². The van der Waals surface area contributed by atoms with Crippen molar-refractivity contribution >= 4 is 16.6 Å². The van der Waals surface area contributed by atoms with Crippen LogP contribution in [-0.4, -0.2) is 33.2 Å². The van der Waals surface area contributed by atoms with Crippen LogP contribution in [0.5, 0.6) is 0 Å². The Morgan fingerprint density at radius 3 is 2.96 bits per heavy atom. The van der Waals surface area contributed by atoms with Gasteiger partial charge >= 0.3 is 0 Å². The van der Waals surface area contributed by atoms with Crippen LogP contribution in [0.2, 0.25) is 0 Å². The molecule has 4 aromatic rings. The summed E-state index contributed by atoms with van der Waals surface area (Å²) in [7, 11) is 1.62. The maximum atomic E-state index is 12.6. The van der Waals surface area contributed by atoms with Gasteiger partial charge in [0.15, 0.2) is 0 Å². The zero-order valence-electron chi connectivity index (χ0n) is 14.1. The van der Waals surface area contributed by atoms with E-state index in [1.165, 1.54) is 0 Å². The molecule has 0 fully saturated rings. The normalized spacial score (nSPS) is 12.9. The summed E-state index contributed by atoms with van der Waals surface area (Å²) in [6.45, 7) is 4.18. The summed E-state index contributed by atoms with van der Waals surface area (Å²) < 4.78 is 13.2. The van der Waals surface area contributed by atoms with Crippen molar-refractivity contribution in [3.05, 3.63) is 47.4 Å². The van der Waals surface area contributed by atoms with Gasteiger partial charge in [-0.1, -0.05) is 24.2 Å². The fourth-order valence-corrected chi connectivity index (χ4v) is 3.01. The zero-order valence-corrected chi connectivity index (χ0v) is 14.1. The van der Waals surface area contributed by atoms with Crippen molar-refractivity contribution in [2.24, 2.45) is 0 Å². The number of nitrogens with zero attached hydrogens (tertiary/aromatic N) is 5. The van der Waals surface area contributed by atoms with Crippen LogP contribution in [0, 0.1) is 12.1 Å². The Hall–Kier alpha value is -3.00. The van der Waals surface area contributed by atoms with E-state index in [2.05, 4.69) is 15.1 Å². The van der Waals surface area contributed by atoms with E-state index in [4.69, 9.17) is 9.26 Å². The third-order valence-corrected chi connectivity index (χ3v) is 4.27. The first-order chi connectivity index (χ1) is 12.1. The van der Waals surface area contributed by atoms with Gasteiger partial charge in [-0.3, -0.25) is 4.40 Å². The van der Waals surface area contributed by atoms with E-state index < -0.39 is 0 Å². The SMILES string of the molecule is COCC(C)c1nc(-c2ncn3c2c(C)[n+]([O-])c2ccccc23)no1. The summed E-state index contributed by atoms with van der Waals surface area (Å²) in [4.78, 5) is 8.86. The second-order valence-corrected chi connectivity index (χ2v) is 5.99. The Kier molecular flexibility index (Phi) is 3.61. The van der Waals surface area contributed by atoms with Gasteiger partial charge in [-0.15, -0.1) is 0 Å². The van der Waals surface area contributed by atoms with Crippen LogP contribution in [0.1, 0.15) is 24.4 Å². The smallest absolute Gasteiger partial charge is 0.241 e. The summed E-state index contributed by atoms with van der Waals surface area (Å²) in [5, 5.41) is 16.7. The van der Waals surface area contributed by atoms with Crippen LogP contribution in [0.3, 0.4) is 0 Å². The molecule has 1 aromatic carbocycles. The number of fused-ring (bicyclic) bond motifs is 3. The predicted octanol–water partition coefficient (Wildman–Crippen LogP) is 2.23. The Bertz CT molecular complexity index is 1070. The Labute approximate surface area is 143 Å². The molecule has 0 saturated carbocycles. The number of para-hydroxylation sites is 2. The van der Waals surface area contributed by atoms with Crippen molar-refractivity contribution in [1.82, 2.24) is 19.5 Å². The van der Waals surface area contributed by atoms with Crippen LogP contribution < -0.4 is 4.73 Å². The van der Waals surface area contributed by atoms with Crippen molar-refractivity contribution in [1.29, 1.82) is 0 Å². The minimum Gasteiger partial charge on any atom is -0.618 e. The minimum absolute atomic E-state index is 0.0218. The fraction of sp³-hybridized carbons (Fsp3) is 0.294. The standard InChI is InChI=1S/C17H17N5O3/c1-10(8-24-3)17-19-16(20-25-17)14-15-11(2)22(23)13-7-5-4-6-12(13)21(15)9-18-14/h4-7,9-10H,8H2,1-3H3. The summed E-state index contributed by atoms with van der Waals surface area (Å²) in [5.41, 5.74) is 3.07. The van der Waals surface area contributed by atoms with Crippen molar-refractivity contribution in [2.45, 2.75) is 19.8 Å². The third kappa shape index (κ3) is 2.33. The second-order valence-electron chi connectivity index (χ2n) is 5.99. The first-order valence-electron chi connectivity index (χ1n) is 7.92. The number of imidazole rings is 1. The molecule has 0 N–H and O–H groups in total. The molecule has 0 amide bonds. The molecule has 1 atom stereocenters. The van der Waals surface area contributed by atoms with Crippen molar-refractivity contribution in [2.75, 3.05) is 13.7 Å². The lowest BCUT2D eigenvalue weighted by molar-refractivity contribution is -0.583. The van der Waals surface area contributed by atoms with Gasteiger partial charge in [0.2, 0.25) is 22.9 Å². The summed E-state index contributed by atoms with van der Waals surface area (Å²) in [6.07, 6.45) is 1.68. The monoisotopic (exact) mass is 339 g/mol. The van der Waals surface area contributed by atoms with E-state index in [1.807, 2.05) is 29.5 Å². The van der Waals surface area contributed by atoms with Gasteiger partial charge in [-0.05, 0) is 6.07 Å². The molecule has 128 valence electrons. The molecule has 0 spiro atoms. The van der Waals surface area contributed by atoms with Crippen LogP contribution in [0.4, 0.5) is 0 Å². The largest absolute Gasteiger partial charge is 0.618 e. The molecule has 0 radical (unpaired) electrons. The number of aromatic nitrogens is 5. The Morgan fingerprint density at radius 2 is 2.16 bits per heavy atom. The lowest BCUT2D eigenvalue weighted by Gasteiger charge is -2.08. The molecule has 0 aliphatic rings. The molecule has 25 heavy (non-hydrogen) atoms. The number of methoxy groups -OCH3 is 1. The number of hydrogen-bond acceptors (Lipinski definition) is 6. The molecule has 0 aliphatic carbocycles. The predicted molar refractivity (Wildman–Crippen MR) is 90.0 cm³/mol. The molecule has 4 rings (SSSR count). The van der Waals surface area contributed by atoms with Crippen LogP contribution in [-0.2, 0) is 4.74 Å². The minimum atomic E-state index is -0.0218. The highest BCUT2D eigenvalue weighted by Gasteiger charge is 2.23. The molecule has 8 heteroatoms. The van der Waals surface area contributed by atoms with Gasteiger partial charge in [-0.2, -0.15) is 9.71 Å². The quantitative estimate of drug-likeness (QED) is 0.418. The highest BCUT2D eigenvalue weighted by atomic mass is 16.5. The molecule has 0 saturated heterocycles. The van der Waals surface area contributed by atoms with Crippen LogP contribution in [0.15, 0.2) is 35.1 Å². The molecular formula is C17H17N5O3. The maximum absolute atomic E-state index is 12.6. The topological polar surface area (TPSA) is 92.4 Å². The summed E-state index contributed by atoms with van der Waals surface area (Å²) >= 11 is 0. The number of hydrogen-bond donors (Lipinski definition) is 0. The van der Waals surface area contributed by atoms with Gasteiger partial charge in [0.05, 0.1) is 12.5 Å². The Balaban J connectivity index is 1.92. The lowest BCUT2D eigenvalue weighted by Crippen LogP contribution is -2.32. The number of rotatable bonds is 4. The highest BCUT2D eigenvalue weighted by Crippen LogP contribution is 2.26. The third-order valence-electron chi connectivity index (χ3n) is 4.27. The highest BCUT2D eigenvalue weighted by molar-refractivity contribution is 5.82. The van der Waals surface area contributed by atoms with Crippen molar-refractivity contribution in [3.63, 3.8) is 0 Å². The fourth-order valence-electron chi connectivity index (χ4n) is 3.01. The lowest BCUT2D eigenvalue weighted by atomic mass is 10.2. The van der Waals surface area contributed by atoms with Gasteiger partial charge < -0.3 is 14.5 Å². The molecule has 1 unspecified atom stereocenters. The van der Waals surface area contributed by atoms with E-state index in [0.29, 0.717) is 40.7 Å². The molecule has 0 aliphatic heterocycles. The van der Waals surface area contributed by atoms with Gasteiger partial charge in [0.25, 0.3) is 0 Å². The van der Waals surface area contributed by atoms with Gasteiger partial charge in [-0.25, -0.2) is 4.98 Å². The first-order valence-corrected chi connectivity index (χ1v) is 7.92. The average Bonchev–Trinajstić information content (AvgIpc) is 3.27. The summed E-state index contributed by atoms with van der Waals surface area (Å²) in [5.74, 6) is 0.816. The van der Waals surface area contributed by atoms with E-state index in [1.54, 1.807) is 26.4 Å². The van der Waals surface area contributed by atoms with Gasteiger partial charge in [0, 0.05) is 20.1 Å². The van der Waals surface area contributed by atoms with E-state index in [0.717, 1.165) is 10.2 Å². The molecule has 3 aromatic heterocycles. The van der Waals surface area contributed by atoms with E-state index in [9.17, 15) is 5.21 Å². The molecule has 3 heterocycles. The number of benzene rings is 1. The van der Waals surface area contributed by atoms with E-state index in [-0.39, 0.29) is 5.92 Å². The number of ether oxygens (including phenoxy) is 1. The zero-order chi connectivity index (χ0) is 17.6. The van der Waals surface area contributed by atoms with E-state index >= 15 is 0 Å². The van der Waals surface area contributed by atoms with Crippen molar-refractivity contribution in [3.8, 4) is 11.5 Å². The maximum Gasteiger partial charge on any atom is 0.241 e. The molecular weight excluding hydrogens is 322 g/mol. The second kappa shape index (κ2) is 5.82. The van der Waals surface area contributed by atoms with Crippen molar-refractivity contribution < 1.29 is 14.0 Å². The number of aryl methyl sites for hydroxylation is 1. The van der Waals surface area contributed by atoms with Crippen LogP contribution in [0.25, 0.3) is 28.1 Å².